The number of nitrogens with zero attached hydrogens (tertiary/aromatic N) is 2. The van der Waals surface area contributed by atoms with E-state index >= 15 is 0 Å². The molecule has 100 valence electrons. The van der Waals surface area contributed by atoms with E-state index in [1.807, 2.05) is 30.3 Å². The van der Waals surface area contributed by atoms with Crippen LogP contribution >= 0.6 is 35.1 Å². The monoisotopic (exact) mass is 321 g/mol. The van der Waals surface area contributed by atoms with Gasteiger partial charge in [0, 0.05) is 26.5 Å². The maximum absolute atomic E-state index is 5.98. The lowest BCUT2D eigenvalue weighted by Gasteiger charge is -2.08. The van der Waals surface area contributed by atoms with Crippen molar-refractivity contribution in [1.29, 1.82) is 0 Å². The fourth-order valence-electron chi connectivity index (χ4n) is 1.80. The summed E-state index contributed by atoms with van der Waals surface area (Å²) in [4.78, 5) is 9.24. The van der Waals surface area contributed by atoms with Gasteiger partial charge in [-0.15, -0.1) is 0 Å². The minimum atomic E-state index is 0.613. The van der Waals surface area contributed by atoms with Crippen molar-refractivity contribution >= 4 is 51.7 Å². The molecular weight excluding hydrogens is 313 g/mol. The zero-order valence-electron chi connectivity index (χ0n) is 10.2. The Kier molecular flexibility index (Phi) is 3.96. The largest absolute Gasteiger partial charge is 0.324 e. The number of rotatable bonds is 3. The first-order valence-electron chi connectivity index (χ1n) is 5.80. The summed E-state index contributed by atoms with van der Waals surface area (Å²) in [6.07, 6.45) is 3.32. The third kappa shape index (κ3) is 2.98. The second kappa shape index (κ2) is 5.87. The van der Waals surface area contributed by atoms with Crippen LogP contribution in [0.25, 0.3) is 10.9 Å². The van der Waals surface area contributed by atoms with E-state index < -0.39 is 0 Å². The predicted octanol–water partition coefficient (Wildman–Crippen LogP) is 5.06. The van der Waals surface area contributed by atoms with Crippen LogP contribution in [0.5, 0.6) is 0 Å². The van der Waals surface area contributed by atoms with Crippen molar-refractivity contribution in [2.24, 2.45) is 0 Å². The minimum absolute atomic E-state index is 0.613. The van der Waals surface area contributed by atoms with Crippen LogP contribution in [-0.4, -0.2) is 9.97 Å². The Morgan fingerprint density at radius 2 is 1.85 bits per heavy atom. The summed E-state index contributed by atoms with van der Waals surface area (Å²) in [6.45, 7) is 0. The van der Waals surface area contributed by atoms with Gasteiger partial charge in [0.25, 0.3) is 0 Å². The molecule has 1 heterocycles. The van der Waals surface area contributed by atoms with Gasteiger partial charge in [0.1, 0.15) is 6.33 Å². The van der Waals surface area contributed by atoms with Gasteiger partial charge in [0.2, 0.25) is 0 Å². The van der Waals surface area contributed by atoms with Gasteiger partial charge in [-0.1, -0.05) is 35.3 Å². The molecule has 0 aliphatic rings. The normalized spacial score (nSPS) is 10.7. The van der Waals surface area contributed by atoms with E-state index in [2.05, 4.69) is 14.7 Å². The van der Waals surface area contributed by atoms with Crippen molar-refractivity contribution in [3.63, 3.8) is 0 Å². The summed E-state index contributed by atoms with van der Waals surface area (Å²) in [7, 11) is 0. The van der Waals surface area contributed by atoms with Crippen LogP contribution in [0.2, 0.25) is 10.0 Å². The molecule has 0 fully saturated rings. The Morgan fingerprint density at radius 3 is 2.65 bits per heavy atom. The van der Waals surface area contributed by atoms with Crippen LogP contribution in [0.3, 0.4) is 0 Å². The highest BCUT2D eigenvalue weighted by molar-refractivity contribution is 8.00. The van der Waals surface area contributed by atoms with Crippen molar-refractivity contribution in [3.05, 3.63) is 59.0 Å². The summed E-state index contributed by atoms with van der Waals surface area (Å²) < 4.78 is 3.27. The van der Waals surface area contributed by atoms with Gasteiger partial charge in [-0.3, -0.25) is 0 Å². The Balaban J connectivity index is 1.87. The van der Waals surface area contributed by atoms with Gasteiger partial charge >= 0.3 is 0 Å². The fraction of sp³-hybridized carbons (Fsp3) is 0. The first-order chi connectivity index (χ1) is 9.72. The standard InChI is InChI=1S/C14H9Cl2N3S/c15-10-4-11(16)6-12(5-10)20-19-13-3-1-2-9-7-17-8-18-14(9)13/h1-8,19H. The molecule has 0 aliphatic heterocycles. The molecule has 0 unspecified atom stereocenters. The SMILES string of the molecule is Clc1cc(Cl)cc(SNc2cccc3cncnc23)c1. The molecule has 0 saturated carbocycles. The molecule has 1 N–H and O–H groups in total. The van der Waals surface area contributed by atoms with E-state index in [4.69, 9.17) is 23.2 Å². The molecule has 2 aromatic carbocycles. The molecule has 3 aromatic rings. The third-order valence-electron chi connectivity index (χ3n) is 2.65. The molecule has 0 aliphatic carbocycles. The zero-order chi connectivity index (χ0) is 13.9. The smallest absolute Gasteiger partial charge is 0.116 e. The fourth-order valence-corrected chi connectivity index (χ4v) is 3.22. The van der Waals surface area contributed by atoms with Crippen LogP contribution in [0.1, 0.15) is 0 Å². The molecule has 0 radical (unpaired) electrons. The summed E-state index contributed by atoms with van der Waals surface area (Å²) in [6, 6.07) is 11.3. The molecule has 0 bridgehead atoms. The quantitative estimate of drug-likeness (QED) is 0.684. The van der Waals surface area contributed by atoms with Crippen molar-refractivity contribution in [1.82, 2.24) is 9.97 Å². The van der Waals surface area contributed by atoms with Crippen molar-refractivity contribution in [2.75, 3.05) is 4.72 Å². The van der Waals surface area contributed by atoms with Crippen LogP contribution in [0.4, 0.5) is 5.69 Å². The Hall–Kier alpha value is -1.49. The number of para-hydroxylation sites is 1. The van der Waals surface area contributed by atoms with E-state index in [1.165, 1.54) is 18.3 Å². The molecule has 1 aromatic heterocycles. The predicted molar refractivity (Wildman–Crippen MR) is 85.5 cm³/mol. The lowest BCUT2D eigenvalue weighted by atomic mass is 10.2. The van der Waals surface area contributed by atoms with Crippen LogP contribution in [-0.2, 0) is 0 Å². The number of benzene rings is 2. The van der Waals surface area contributed by atoms with Gasteiger partial charge in [-0.25, -0.2) is 9.97 Å². The Labute approximate surface area is 130 Å². The number of hydrogen-bond acceptors (Lipinski definition) is 4. The van der Waals surface area contributed by atoms with E-state index in [1.54, 1.807) is 12.3 Å². The maximum atomic E-state index is 5.98. The van der Waals surface area contributed by atoms with E-state index in [9.17, 15) is 0 Å². The molecule has 3 nitrogen and oxygen atoms in total. The molecule has 20 heavy (non-hydrogen) atoms. The maximum Gasteiger partial charge on any atom is 0.116 e. The van der Waals surface area contributed by atoms with Crippen molar-refractivity contribution < 1.29 is 0 Å². The van der Waals surface area contributed by atoms with Crippen LogP contribution in [0.15, 0.2) is 53.8 Å². The number of nitrogens with one attached hydrogen (secondary N) is 1. The summed E-state index contributed by atoms with van der Waals surface area (Å²) in [5.41, 5.74) is 1.80. The number of anilines is 1. The van der Waals surface area contributed by atoms with Crippen molar-refractivity contribution in [2.45, 2.75) is 4.90 Å². The molecule has 6 heteroatoms. The average Bonchev–Trinajstić information content (AvgIpc) is 2.44. The minimum Gasteiger partial charge on any atom is -0.324 e. The van der Waals surface area contributed by atoms with Crippen molar-refractivity contribution in [3.8, 4) is 0 Å². The van der Waals surface area contributed by atoms with Crippen LogP contribution < -0.4 is 4.72 Å². The summed E-state index contributed by atoms with van der Waals surface area (Å²) in [5, 5.41) is 2.21. The highest BCUT2D eigenvalue weighted by Gasteiger charge is 2.04. The average molecular weight is 322 g/mol. The van der Waals surface area contributed by atoms with Gasteiger partial charge < -0.3 is 4.72 Å². The van der Waals surface area contributed by atoms with Gasteiger partial charge in [0.15, 0.2) is 0 Å². The second-order valence-electron chi connectivity index (χ2n) is 4.08. The lowest BCUT2D eigenvalue weighted by molar-refractivity contribution is 1.22. The molecule has 0 spiro atoms. The number of aromatic nitrogens is 2. The van der Waals surface area contributed by atoms with Gasteiger partial charge in [-0.2, -0.15) is 0 Å². The molecule has 0 saturated heterocycles. The summed E-state index contributed by atoms with van der Waals surface area (Å²) in [5.74, 6) is 0. The highest BCUT2D eigenvalue weighted by atomic mass is 35.5. The van der Waals surface area contributed by atoms with E-state index in [0.29, 0.717) is 10.0 Å². The lowest BCUT2D eigenvalue weighted by Crippen LogP contribution is -1.91. The Morgan fingerprint density at radius 1 is 1.05 bits per heavy atom. The highest BCUT2D eigenvalue weighted by Crippen LogP contribution is 2.29. The zero-order valence-corrected chi connectivity index (χ0v) is 12.5. The third-order valence-corrected chi connectivity index (χ3v) is 3.88. The number of fused-ring (bicyclic) bond motifs is 1. The second-order valence-corrected chi connectivity index (χ2v) is 5.83. The number of halogens is 2. The van der Waals surface area contributed by atoms with E-state index in [-0.39, 0.29) is 0 Å². The first kappa shape index (κ1) is 13.5. The number of hydrogen-bond donors (Lipinski definition) is 1. The molecular formula is C14H9Cl2N3S. The first-order valence-corrected chi connectivity index (χ1v) is 7.37. The molecule has 3 rings (SSSR count). The Bertz CT molecular complexity index is 739. The van der Waals surface area contributed by atoms with E-state index in [0.717, 1.165) is 21.5 Å². The summed E-state index contributed by atoms with van der Waals surface area (Å²) >= 11 is 13.4. The van der Waals surface area contributed by atoms with Crippen LogP contribution in [0, 0.1) is 0 Å². The molecule has 0 amide bonds. The van der Waals surface area contributed by atoms with Gasteiger partial charge in [-0.05, 0) is 36.2 Å². The van der Waals surface area contributed by atoms with Gasteiger partial charge in [0.05, 0.1) is 11.2 Å². The molecule has 0 atom stereocenters. The topological polar surface area (TPSA) is 37.8 Å².